The van der Waals surface area contributed by atoms with Crippen LogP contribution in [0.4, 0.5) is 4.79 Å². The lowest BCUT2D eigenvalue weighted by atomic mass is 9.93. The van der Waals surface area contributed by atoms with Gasteiger partial charge in [0.15, 0.2) is 8.32 Å². The smallest absolute Gasteiger partial charge is 0.407 e. The fourth-order valence-corrected chi connectivity index (χ4v) is 3.88. The maximum atomic E-state index is 12.2. The van der Waals surface area contributed by atoms with Crippen LogP contribution in [0.15, 0.2) is 0 Å². The Labute approximate surface area is 166 Å². The Hall–Kier alpha value is -1.08. The molecule has 0 aliphatic heterocycles. The van der Waals surface area contributed by atoms with Crippen molar-refractivity contribution in [2.45, 2.75) is 105 Å². The molecule has 0 heterocycles. The van der Waals surface area contributed by atoms with Crippen LogP contribution in [0.25, 0.3) is 0 Å². The van der Waals surface area contributed by atoms with Crippen molar-refractivity contribution < 1.29 is 23.9 Å². The first-order valence-corrected chi connectivity index (χ1v) is 12.9. The Bertz CT molecular complexity index is 485. The topological polar surface area (TPSA) is 84.9 Å². The second-order valence-corrected chi connectivity index (χ2v) is 14.5. The van der Waals surface area contributed by atoms with E-state index in [2.05, 4.69) is 53.0 Å². The third-order valence-corrected chi connectivity index (χ3v) is 9.58. The molecule has 1 amide bonds. The zero-order valence-electron chi connectivity index (χ0n) is 18.9. The molecule has 0 aliphatic carbocycles. The molecule has 27 heavy (non-hydrogen) atoms. The van der Waals surface area contributed by atoms with Crippen LogP contribution in [0, 0.1) is 11.8 Å². The van der Waals surface area contributed by atoms with Gasteiger partial charge in [0.1, 0.15) is 0 Å². The predicted molar refractivity (Wildman–Crippen MR) is 111 cm³/mol. The van der Waals surface area contributed by atoms with E-state index in [1.165, 1.54) is 0 Å². The van der Waals surface area contributed by atoms with Crippen molar-refractivity contribution >= 4 is 20.4 Å². The van der Waals surface area contributed by atoms with Crippen molar-refractivity contribution in [2.75, 3.05) is 0 Å². The van der Waals surface area contributed by atoms with E-state index in [4.69, 9.17) is 9.16 Å². The van der Waals surface area contributed by atoms with Crippen molar-refractivity contribution in [3.63, 3.8) is 0 Å². The molecule has 0 aromatic carbocycles. The predicted octanol–water partition coefficient (Wildman–Crippen LogP) is 5.04. The molecule has 1 unspecified atom stereocenters. The van der Waals surface area contributed by atoms with Crippen molar-refractivity contribution in [2.24, 2.45) is 11.8 Å². The minimum absolute atomic E-state index is 0.0153. The summed E-state index contributed by atoms with van der Waals surface area (Å²) < 4.78 is 11.8. The Balaban J connectivity index is 5.67. The maximum absolute atomic E-state index is 12.2. The van der Waals surface area contributed by atoms with Crippen LogP contribution >= 0.6 is 0 Å². The Morgan fingerprint density at radius 2 is 1.56 bits per heavy atom. The normalized spacial score (nSPS) is 16.1. The fourth-order valence-electron chi connectivity index (χ4n) is 2.51. The van der Waals surface area contributed by atoms with Crippen LogP contribution in [-0.4, -0.2) is 43.7 Å². The summed E-state index contributed by atoms with van der Waals surface area (Å²) in [6.07, 6.45) is -0.0380. The molecule has 0 saturated carbocycles. The molecule has 6 nitrogen and oxygen atoms in total. The largest absolute Gasteiger partial charge is 0.481 e. The van der Waals surface area contributed by atoms with Crippen LogP contribution in [0.2, 0.25) is 18.1 Å². The van der Waals surface area contributed by atoms with Gasteiger partial charge in [-0.3, -0.25) is 4.79 Å². The molecular formula is C20H41NO5Si. The number of rotatable bonds is 10. The highest BCUT2D eigenvalue weighted by molar-refractivity contribution is 6.74. The molecule has 0 radical (unpaired) electrons. The van der Waals surface area contributed by atoms with Gasteiger partial charge in [-0.15, -0.1) is 0 Å². The van der Waals surface area contributed by atoms with E-state index in [-0.39, 0.29) is 23.3 Å². The minimum Gasteiger partial charge on any atom is -0.481 e. The lowest BCUT2D eigenvalue weighted by Crippen LogP contribution is -2.53. The maximum Gasteiger partial charge on any atom is 0.407 e. The van der Waals surface area contributed by atoms with Gasteiger partial charge in [-0.25, -0.2) is 4.79 Å². The van der Waals surface area contributed by atoms with Gasteiger partial charge in [0.2, 0.25) is 0 Å². The Morgan fingerprint density at radius 1 is 1.04 bits per heavy atom. The van der Waals surface area contributed by atoms with Gasteiger partial charge < -0.3 is 19.6 Å². The number of hydrogen-bond acceptors (Lipinski definition) is 4. The van der Waals surface area contributed by atoms with Crippen LogP contribution in [-0.2, 0) is 14.0 Å². The van der Waals surface area contributed by atoms with Gasteiger partial charge in [-0.2, -0.15) is 0 Å². The first-order valence-electron chi connectivity index (χ1n) is 9.94. The summed E-state index contributed by atoms with van der Waals surface area (Å²) in [4.78, 5) is 23.7. The van der Waals surface area contributed by atoms with Crippen molar-refractivity contribution in [1.82, 2.24) is 5.32 Å². The first kappa shape index (κ1) is 25.9. The van der Waals surface area contributed by atoms with Gasteiger partial charge in [-0.1, -0.05) is 41.5 Å². The van der Waals surface area contributed by atoms with E-state index in [1.807, 2.05) is 0 Å². The summed E-state index contributed by atoms with van der Waals surface area (Å²) in [7, 11) is -2.15. The van der Waals surface area contributed by atoms with Crippen LogP contribution in [0.3, 0.4) is 0 Å². The number of carbonyl (C=O) groups is 2. The van der Waals surface area contributed by atoms with Gasteiger partial charge in [0.05, 0.1) is 24.2 Å². The second kappa shape index (κ2) is 10.5. The molecule has 0 aromatic heterocycles. The molecule has 0 saturated heterocycles. The van der Waals surface area contributed by atoms with E-state index >= 15 is 0 Å². The Morgan fingerprint density at radius 3 is 1.93 bits per heavy atom. The van der Waals surface area contributed by atoms with Gasteiger partial charge in [-0.05, 0) is 50.7 Å². The zero-order valence-corrected chi connectivity index (χ0v) is 19.9. The molecule has 3 atom stereocenters. The van der Waals surface area contributed by atoms with Gasteiger partial charge >= 0.3 is 12.1 Å². The highest BCUT2D eigenvalue weighted by Crippen LogP contribution is 2.38. The molecule has 0 fully saturated rings. The number of carboxylic acid groups (broad SMARTS) is 1. The molecule has 0 aliphatic rings. The highest BCUT2D eigenvalue weighted by atomic mass is 28.4. The number of nitrogens with one attached hydrogen (secondary N) is 1. The second-order valence-electron chi connectivity index (χ2n) is 9.73. The lowest BCUT2D eigenvalue weighted by molar-refractivity contribution is -0.142. The van der Waals surface area contributed by atoms with E-state index in [1.54, 1.807) is 20.8 Å². The summed E-state index contributed by atoms with van der Waals surface area (Å²) in [6.45, 7) is 20.2. The summed E-state index contributed by atoms with van der Waals surface area (Å²) in [5.74, 6) is -1.09. The monoisotopic (exact) mass is 403 g/mol. The number of hydrogen-bond donors (Lipinski definition) is 2. The van der Waals surface area contributed by atoms with Crippen molar-refractivity contribution in [3.05, 3.63) is 0 Å². The van der Waals surface area contributed by atoms with Crippen molar-refractivity contribution in [3.8, 4) is 0 Å². The number of carbonyl (C=O) groups excluding carboxylic acids is 1. The van der Waals surface area contributed by atoms with Crippen LogP contribution < -0.4 is 5.32 Å². The molecule has 7 heteroatoms. The van der Waals surface area contributed by atoms with E-state index in [9.17, 15) is 14.7 Å². The number of ether oxygens (including phenoxy) is 1. The molecule has 0 aromatic rings. The van der Waals surface area contributed by atoms with Crippen LogP contribution in [0.1, 0.15) is 68.2 Å². The number of amides is 1. The molecular weight excluding hydrogens is 362 g/mol. The summed E-state index contributed by atoms with van der Waals surface area (Å²) in [5.41, 5.74) is 0. The molecule has 0 spiro atoms. The standard InChI is InChI=1S/C20H41NO5Si/c1-13(2)11-16(21-19(24)25-14(3)4)17(12-15(5)18(22)23)26-27(9,10)20(6,7)8/h13-17H,11-12H2,1-10H3,(H,21,24)(H,22,23)/t15-,16?,17+/m1/s1. The quantitative estimate of drug-likeness (QED) is 0.499. The molecule has 2 N–H and O–H groups in total. The molecule has 0 bridgehead atoms. The number of carboxylic acids is 1. The first-order chi connectivity index (χ1) is 12.1. The van der Waals surface area contributed by atoms with Crippen LogP contribution in [0.5, 0.6) is 0 Å². The van der Waals surface area contributed by atoms with Gasteiger partial charge in [0.25, 0.3) is 0 Å². The van der Waals surface area contributed by atoms with Crippen molar-refractivity contribution in [1.29, 1.82) is 0 Å². The van der Waals surface area contributed by atoms with Gasteiger partial charge in [0, 0.05) is 0 Å². The lowest BCUT2D eigenvalue weighted by Gasteiger charge is -2.42. The summed E-state index contributed by atoms with van der Waals surface area (Å²) >= 11 is 0. The number of alkyl carbamates (subject to hydrolysis) is 1. The summed E-state index contributed by atoms with van der Waals surface area (Å²) in [6, 6.07) is -0.299. The molecule has 0 rings (SSSR count). The molecule has 160 valence electrons. The minimum atomic E-state index is -2.15. The third kappa shape index (κ3) is 9.60. The van der Waals surface area contributed by atoms with E-state index in [0.29, 0.717) is 18.8 Å². The Kier molecular flexibility index (Phi) is 10.0. The SMILES string of the molecule is CC(C)CC(NC(=O)OC(C)C)[C@H](C[C@@H](C)C(=O)O)O[Si](C)(C)C(C)(C)C. The average Bonchev–Trinajstić information content (AvgIpc) is 2.42. The third-order valence-electron chi connectivity index (χ3n) is 5.08. The highest BCUT2D eigenvalue weighted by Gasteiger charge is 2.42. The fraction of sp³-hybridized carbons (Fsp3) is 0.900. The number of aliphatic carboxylic acids is 1. The average molecular weight is 404 g/mol. The summed E-state index contributed by atoms with van der Waals surface area (Å²) in [5, 5.41) is 12.3. The van der Waals surface area contributed by atoms with E-state index < -0.39 is 26.3 Å². The van der Waals surface area contributed by atoms with E-state index in [0.717, 1.165) is 0 Å². The zero-order chi connectivity index (χ0) is 21.6.